The van der Waals surface area contributed by atoms with E-state index >= 15 is 0 Å². The summed E-state index contributed by atoms with van der Waals surface area (Å²) in [4.78, 5) is 0. The Morgan fingerprint density at radius 1 is 1.10 bits per heavy atom. The minimum atomic E-state index is -0.223. The molecule has 0 saturated carbocycles. The fourth-order valence-electron chi connectivity index (χ4n) is 1.91. The topological polar surface area (TPSA) is 21.3 Å². The average molecular weight is 338 g/mol. The molecule has 2 rings (SSSR count). The number of rotatable bonds is 6. The second kappa shape index (κ2) is 7.41. The molecule has 0 aliphatic rings. The van der Waals surface area contributed by atoms with Gasteiger partial charge in [-0.1, -0.05) is 18.2 Å². The summed E-state index contributed by atoms with van der Waals surface area (Å²) in [6.45, 7) is 1.52. The monoisotopic (exact) mass is 337 g/mol. The molecule has 0 amide bonds. The third kappa shape index (κ3) is 4.32. The molecule has 0 atom stereocenters. The van der Waals surface area contributed by atoms with Crippen molar-refractivity contribution in [1.29, 1.82) is 0 Å². The zero-order chi connectivity index (χ0) is 14.4. The molecule has 1 N–H and O–H groups in total. The van der Waals surface area contributed by atoms with Gasteiger partial charge >= 0.3 is 0 Å². The molecule has 2 aromatic rings. The molecule has 0 unspecified atom stereocenters. The van der Waals surface area contributed by atoms with Crippen LogP contribution in [0.5, 0.6) is 5.75 Å². The highest BCUT2D eigenvalue weighted by Crippen LogP contribution is 2.16. The summed E-state index contributed by atoms with van der Waals surface area (Å²) in [5.41, 5.74) is 2.20. The van der Waals surface area contributed by atoms with Crippen LogP contribution in [0.1, 0.15) is 11.1 Å². The Labute approximate surface area is 127 Å². The van der Waals surface area contributed by atoms with Gasteiger partial charge in [0.1, 0.15) is 11.6 Å². The van der Waals surface area contributed by atoms with Gasteiger partial charge in [-0.25, -0.2) is 4.39 Å². The van der Waals surface area contributed by atoms with E-state index in [-0.39, 0.29) is 5.82 Å². The van der Waals surface area contributed by atoms with Crippen LogP contribution in [0.25, 0.3) is 0 Å². The highest BCUT2D eigenvalue weighted by Gasteiger charge is 2.00. The lowest BCUT2D eigenvalue weighted by Crippen LogP contribution is -2.16. The maximum Gasteiger partial charge on any atom is 0.137 e. The van der Waals surface area contributed by atoms with Gasteiger partial charge in [0, 0.05) is 6.54 Å². The molecule has 4 heteroatoms. The van der Waals surface area contributed by atoms with Crippen LogP contribution in [0.4, 0.5) is 4.39 Å². The first-order chi connectivity index (χ1) is 9.69. The summed E-state index contributed by atoms with van der Waals surface area (Å²) in [6, 6.07) is 13.2. The molecule has 0 aromatic heterocycles. The van der Waals surface area contributed by atoms with Crippen LogP contribution >= 0.6 is 15.9 Å². The predicted octanol–water partition coefficient (Wildman–Crippen LogP) is 3.93. The van der Waals surface area contributed by atoms with E-state index in [0.29, 0.717) is 11.0 Å². The van der Waals surface area contributed by atoms with Gasteiger partial charge in [-0.05, 0) is 64.3 Å². The zero-order valence-electron chi connectivity index (χ0n) is 11.3. The molecule has 0 fully saturated rings. The van der Waals surface area contributed by atoms with Gasteiger partial charge in [-0.2, -0.15) is 0 Å². The summed E-state index contributed by atoms with van der Waals surface area (Å²) in [6.07, 6.45) is 0.934. The number of benzene rings is 2. The van der Waals surface area contributed by atoms with Crippen molar-refractivity contribution in [3.8, 4) is 5.75 Å². The maximum absolute atomic E-state index is 13.3. The van der Waals surface area contributed by atoms with Crippen molar-refractivity contribution in [2.45, 2.75) is 13.0 Å². The SMILES string of the molecule is COc1ccc(CCNCc2ccc(Br)c(F)c2)cc1. The van der Waals surface area contributed by atoms with Crippen molar-refractivity contribution in [2.75, 3.05) is 13.7 Å². The standard InChI is InChI=1S/C16H17BrFNO/c1-20-14-5-2-12(3-6-14)8-9-19-11-13-4-7-15(17)16(18)10-13/h2-7,10,19H,8-9,11H2,1H3. The van der Waals surface area contributed by atoms with E-state index in [0.717, 1.165) is 24.3 Å². The van der Waals surface area contributed by atoms with E-state index in [2.05, 4.69) is 33.4 Å². The van der Waals surface area contributed by atoms with Gasteiger partial charge < -0.3 is 10.1 Å². The Hall–Kier alpha value is -1.39. The lowest BCUT2D eigenvalue weighted by atomic mass is 10.1. The van der Waals surface area contributed by atoms with Gasteiger partial charge in [-0.3, -0.25) is 0 Å². The molecular weight excluding hydrogens is 321 g/mol. The van der Waals surface area contributed by atoms with Crippen LogP contribution in [0.15, 0.2) is 46.9 Å². The van der Waals surface area contributed by atoms with Crippen molar-refractivity contribution >= 4 is 15.9 Å². The molecule has 0 aliphatic carbocycles. The third-order valence-electron chi connectivity index (χ3n) is 3.06. The lowest BCUT2D eigenvalue weighted by Gasteiger charge is -2.07. The third-order valence-corrected chi connectivity index (χ3v) is 3.71. The van der Waals surface area contributed by atoms with Crippen LogP contribution in [0.3, 0.4) is 0 Å². The molecule has 20 heavy (non-hydrogen) atoms. The minimum absolute atomic E-state index is 0.223. The van der Waals surface area contributed by atoms with Gasteiger partial charge in [0.25, 0.3) is 0 Å². The Bertz CT molecular complexity index is 557. The summed E-state index contributed by atoms with van der Waals surface area (Å²) < 4.78 is 19.0. The quantitative estimate of drug-likeness (QED) is 0.806. The molecule has 0 bridgehead atoms. The molecule has 0 radical (unpaired) electrons. The van der Waals surface area contributed by atoms with E-state index in [4.69, 9.17) is 4.74 Å². The van der Waals surface area contributed by atoms with E-state index in [1.165, 1.54) is 5.56 Å². The van der Waals surface area contributed by atoms with E-state index in [9.17, 15) is 4.39 Å². The Morgan fingerprint density at radius 3 is 2.45 bits per heavy atom. The van der Waals surface area contributed by atoms with Crippen LogP contribution < -0.4 is 10.1 Å². The van der Waals surface area contributed by atoms with Crippen molar-refractivity contribution in [2.24, 2.45) is 0 Å². The van der Waals surface area contributed by atoms with E-state index in [1.807, 2.05) is 18.2 Å². The summed E-state index contributed by atoms with van der Waals surface area (Å²) >= 11 is 3.15. The molecule has 0 saturated heterocycles. The first-order valence-electron chi connectivity index (χ1n) is 6.46. The van der Waals surface area contributed by atoms with Crippen molar-refractivity contribution in [1.82, 2.24) is 5.32 Å². The Balaban J connectivity index is 1.76. The van der Waals surface area contributed by atoms with Crippen molar-refractivity contribution in [3.63, 3.8) is 0 Å². The Kier molecular flexibility index (Phi) is 5.56. The number of ether oxygens (including phenoxy) is 1. The molecule has 0 spiro atoms. The molecule has 106 valence electrons. The van der Waals surface area contributed by atoms with E-state index < -0.39 is 0 Å². The smallest absolute Gasteiger partial charge is 0.137 e. The van der Waals surface area contributed by atoms with E-state index in [1.54, 1.807) is 19.2 Å². The normalized spacial score (nSPS) is 10.6. The average Bonchev–Trinajstić information content (AvgIpc) is 2.48. The largest absolute Gasteiger partial charge is 0.497 e. The number of halogens is 2. The van der Waals surface area contributed by atoms with Crippen LogP contribution in [-0.2, 0) is 13.0 Å². The first-order valence-corrected chi connectivity index (χ1v) is 7.26. The predicted molar refractivity (Wildman–Crippen MR) is 82.5 cm³/mol. The molecule has 2 aromatic carbocycles. The Morgan fingerprint density at radius 2 is 1.80 bits per heavy atom. The summed E-state index contributed by atoms with van der Waals surface area (Å²) in [5, 5.41) is 3.31. The van der Waals surface area contributed by atoms with Gasteiger partial charge in [0.15, 0.2) is 0 Å². The number of nitrogens with one attached hydrogen (secondary N) is 1. The molecule has 0 aliphatic heterocycles. The molecule has 2 nitrogen and oxygen atoms in total. The second-order valence-electron chi connectivity index (χ2n) is 4.52. The second-order valence-corrected chi connectivity index (χ2v) is 5.38. The maximum atomic E-state index is 13.3. The first kappa shape index (κ1) is 15.0. The van der Waals surface area contributed by atoms with Gasteiger partial charge in [0.2, 0.25) is 0 Å². The summed E-state index contributed by atoms with van der Waals surface area (Å²) in [7, 11) is 1.66. The number of hydrogen-bond acceptors (Lipinski definition) is 2. The molecule has 0 heterocycles. The fraction of sp³-hybridized carbons (Fsp3) is 0.250. The van der Waals surface area contributed by atoms with Crippen LogP contribution in [-0.4, -0.2) is 13.7 Å². The van der Waals surface area contributed by atoms with Crippen molar-refractivity contribution in [3.05, 3.63) is 63.9 Å². The lowest BCUT2D eigenvalue weighted by molar-refractivity contribution is 0.414. The van der Waals surface area contributed by atoms with Crippen molar-refractivity contribution < 1.29 is 9.13 Å². The summed E-state index contributed by atoms with van der Waals surface area (Å²) in [5.74, 6) is 0.645. The van der Waals surface area contributed by atoms with Crippen LogP contribution in [0.2, 0.25) is 0 Å². The van der Waals surface area contributed by atoms with Gasteiger partial charge in [0.05, 0.1) is 11.6 Å². The van der Waals surface area contributed by atoms with Gasteiger partial charge in [-0.15, -0.1) is 0 Å². The zero-order valence-corrected chi connectivity index (χ0v) is 12.9. The van der Waals surface area contributed by atoms with Crippen LogP contribution in [0, 0.1) is 5.82 Å². The fourth-order valence-corrected chi connectivity index (χ4v) is 2.15. The highest BCUT2D eigenvalue weighted by atomic mass is 79.9. The highest BCUT2D eigenvalue weighted by molar-refractivity contribution is 9.10. The number of hydrogen-bond donors (Lipinski definition) is 1. The minimum Gasteiger partial charge on any atom is -0.497 e. The number of methoxy groups -OCH3 is 1. The molecular formula is C16H17BrFNO.